The number of hydrogen-bond acceptors (Lipinski definition) is 3. The Morgan fingerprint density at radius 2 is 2.29 bits per heavy atom. The number of aromatic amines is 1. The standard InChI is InChI=1S/C13H13NO3/c1-2-17-13(16)6-9-3-4-12-11(5-9)10(8-15)7-14-12/h3-5,7-8,14H,2,6H2,1H3. The Morgan fingerprint density at radius 3 is 3.00 bits per heavy atom. The largest absolute Gasteiger partial charge is 0.466 e. The van der Waals surface area contributed by atoms with Crippen LogP contribution in [-0.2, 0) is 16.0 Å². The Hall–Kier alpha value is -2.10. The van der Waals surface area contributed by atoms with Crippen molar-refractivity contribution in [2.45, 2.75) is 13.3 Å². The van der Waals surface area contributed by atoms with E-state index in [9.17, 15) is 9.59 Å². The summed E-state index contributed by atoms with van der Waals surface area (Å²) in [7, 11) is 0. The van der Waals surface area contributed by atoms with Gasteiger partial charge in [-0.05, 0) is 24.6 Å². The van der Waals surface area contributed by atoms with E-state index in [1.165, 1.54) is 0 Å². The van der Waals surface area contributed by atoms with Gasteiger partial charge in [-0.2, -0.15) is 0 Å². The summed E-state index contributed by atoms with van der Waals surface area (Å²) < 4.78 is 4.88. The third-order valence-electron chi connectivity index (χ3n) is 2.56. The Balaban J connectivity index is 2.30. The molecule has 0 spiro atoms. The number of aromatic nitrogens is 1. The van der Waals surface area contributed by atoms with Crippen LogP contribution < -0.4 is 0 Å². The summed E-state index contributed by atoms with van der Waals surface area (Å²) in [5, 5.41) is 0.835. The van der Waals surface area contributed by atoms with E-state index in [2.05, 4.69) is 4.98 Å². The smallest absolute Gasteiger partial charge is 0.310 e. The molecular weight excluding hydrogens is 218 g/mol. The Morgan fingerprint density at radius 1 is 1.47 bits per heavy atom. The minimum atomic E-state index is -0.255. The molecule has 0 saturated heterocycles. The molecule has 2 rings (SSSR count). The number of fused-ring (bicyclic) bond motifs is 1. The summed E-state index contributed by atoms with van der Waals surface area (Å²) in [5.74, 6) is -0.255. The monoisotopic (exact) mass is 231 g/mol. The van der Waals surface area contributed by atoms with E-state index in [4.69, 9.17) is 4.74 Å². The third kappa shape index (κ3) is 2.36. The minimum absolute atomic E-state index is 0.229. The summed E-state index contributed by atoms with van der Waals surface area (Å²) >= 11 is 0. The molecule has 0 unspecified atom stereocenters. The molecule has 17 heavy (non-hydrogen) atoms. The van der Waals surface area contributed by atoms with Gasteiger partial charge in [0.2, 0.25) is 0 Å². The number of benzene rings is 1. The Bertz CT molecular complexity index is 557. The molecule has 0 aliphatic rings. The molecule has 2 aromatic rings. The zero-order valence-electron chi connectivity index (χ0n) is 9.53. The van der Waals surface area contributed by atoms with Gasteiger partial charge in [-0.25, -0.2) is 0 Å². The van der Waals surface area contributed by atoms with Crippen molar-refractivity contribution in [3.05, 3.63) is 35.5 Å². The quantitative estimate of drug-likeness (QED) is 0.647. The van der Waals surface area contributed by atoms with Crippen LogP contribution in [0.2, 0.25) is 0 Å². The van der Waals surface area contributed by atoms with Gasteiger partial charge in [-0.3, -0.25) is 9.59 Å². The Labute approximate surface area is 98.6 Å². The Kier molecular flexibility index (Phi) is 3.23. The van der Waals surface area contributed by atoms with Crippen LogP contribution in [0.1, 0.15) is 22.8 Å². The van der Waals surface area contributed by atoms with Crippen molar-refractivity contribution >= 4 is 23.2 Å². The molecule has 4 heteroatoms. The third-order valence-corrected chi connectivity index (χ3v) is 2.56. The zero-order chi connectivity index (χ0) is 12.3. The minimum Gasteiger partial charge on any atom is -0.466 e. The molecule has 1 aromatic heterocycles. The first kappa shape index (κ1) is 11.4. The maximum absolute atomic E-state index is 11.3. The van der Waals surface area contributed by atoms with Gasteiger partial charge < -0.3 is 9.72 Å². The summed E-state index contributed by atoms with van der Waals surface area (Å²) in [6.45, 7) is 2.16. The lowest BCUT2D eigenvalue weighted by atomic mass is 10.1. The lowest BCUT2D eigenvalue weighted by molar-refractivity contribution is -0.142. The molecule has 0 aliphatic carbocycles. The molecule has 0 fully saturated rings. The fourth-order valence-corrected chi connectivity index (χ4v) is 1.78. The molecule has 1 N–H and O–H groups in total. The summed E-state index contributed by atoms with van der Waals surface area (Å²) in [5.41, 5.74) is 2.34. The topological polar surface area (TPSA) is 59.2 Å². The average Bonchev–Trinajstić information content (AvgIpc) is 2.71. The van der Waals surface area contributed by atoms with E-state index in [0.717, 1.165) is 22.8 Å². The second-order valence-electron chi connectivity index (χ2n) is 3.72. The zero-order valence-corrected chi connectivity index (χ0v) is 9.53. The maximum atomic E-state index is 11.3. The van der Waals surface area contributed by atoms with Crippen molar-refractivity contribution in [2.75, 3.05) is 6.61 Å². The van der Waals surface area contributed by atoms with Crippen LogP contribution in [0, 0.1) is 0 Å². The number of carbonyl (C=O) groups excluding carboxylic acids is 2. The van der Waals surface area contributed by atoms with Gasteiger partial charge in [-0.15, -0.1) is 0 Å². The van der Waals surface area contributed by atoms with Gasteiger partial charge in [0.15, 0.2) is 6.29 Å². The fourth-order valence-electron chi connectivity index (χ4n) is 1.78. The predicted octanol–water partition coefficient (Wildman–Crippen LogP) is 2.09. The first-order valence-electron chi connectivity index (χ1n) is 5.45. The molecule has 0 bridgehead atoms. The van der Waals surface area contributed by atoms with Crippen LogP contribution in [0.5, 0.6) is 0 Å². The number of rotatable bonds is 4. The molecule has 0 amide bonds. The number of hydrogen-bond donors (Lipinski definition) is 1. The molecule has 1 heterocycles. The summed E-state index contributed by atoms with van der Waals surface area (Å²) in [6.07, 6.45) is 2.69. The van der Waals surface area contributed by atoms with E-state index >= 15 is 0 Å². The molecule has 1 aromatic carbocycles. The van der Waals surface area contributed by atoms with E-state index in [1.807, 2.05) is 18.2 Å². The van der Waals surface area contributed by atoms with Crippen molar-refractivity contribution < 1.29 is 14.3 Å². The highest BCUT2D eigenvalue weighted by Gasteiger charge is 2.07. The molecule has 88 valence electrons. The van der Waals surface area contributed by atoms with Gasteiger partial charge in [0, 0.05) is 22.7 Å². The van der Waals surface area contributed by atoms with Gasteiger partial charge >= 0.3 is 5.97 Å². The highest BCUT2D eigenvalue weighted by Crippen LogP contribution is 2.19. The lowest BCUT2D eigenvalue weighted by Gasteiger charge is -2.02. The van der Waals surface area contributed by atoms with E-state index in [0.29, 0.717) is 12.2 Å². The van der Waals surface area contributed by atoms with E-state index < -0.39 is 0 Å². The number of aldehydes is 1. The van der Waals surface area contributed by atoms with Crippen LogP contribution in [0.25, 0.3) is 10.9 Å². The summed E-state index contributed by atoms with van der Waals surface area (Å²) in [4.78, 5) is 25.1. The van der Waals surface area contributed by atoms with Gasteiger partial charge in [0.05, 0.1) is 13.0 Å². The van der Waals surface area contributed by atoms with E-state index in [-0.39, 0.29) is 12.4 Å². The lowest BCUT2D eigenvalue weighted by Crippen LogP contribution is -2.07. The van der Waals surface area contributed by atoms with Crippen molar-refractivity contribution in [3.63, 3.8) is 0 Å². The van der Waals surface area contributed by atoms with Crippen molar-refractivity contribution in [1.82, 2.24) is 4.98 Å². The van der Waals surface area contributed by atoms with Crippen LogP contribution in [0.3, 0.4) is 0 Å². The number of carbonyl (C=O) groups is 2. The first-order valence-corrected chi connectivity index (χ1v) is 5.45. The van der Waals surface area contributed by atoms with Crippen molar-refractivity contribution in [1.29, 1.82) is 0 Å². The summed E-state index contributed by atoms with van der Waals surface area (Å²) in [6, 6.07) is 5.55. The second kappa shape index (κ2) is 4.82. The molecule has 0 aliphatic heterocycles. The fraction of sp³-hybridized carbons (Fsp3) is 0.231. The normalized spacial score (nSPS) is 10.4. The maximum Gasteiger partial charge on any atom is 0.310 e. The van der Waals surface area contributed by atoms with Crippen LogP contribution >= 0.6 is 0 Å². The predicted molar refractivity (Wildman–Crippen MR) is 64.0 cm³/mol. The van der Waals surface area contributed by atoms with Gasteiger partial charge in [0.25, 0.3) is 0 Å². The van der Waals surface area contributed by atoms with E-state index in [1.54, 1.807) is 13.1 Å². The van der Waals surface area contributed by atoms with Gasteiger partial charge in [-0.1, -0.05) is 6.07 Å². The first-order chi connectivity index (χ1) is 8.24. The number of H-pyrrole nitrogens is 1. The number of esters is 1. The number of nitrogens with one attached hydrogen (secondary N) is 1. The second-order valence-corrected chi connectivity index (χ2v) is 3.72. The molecular formula is C13H13NO3. The van der Waals surface area contributed by atoms with Crippen LogP contribution in [0.4, 0.5) is 0 Å². The molecule has 0 saturated carbocycles. The highest BCUT2D eigenvalue weighted by molar-refractivity contribution is 5.97. The van der Waals surface area contributed by atoms with Crippen LogP contribution in [-0.4, -0.2) is 23.8 Å². The van der Waals surface area contributed by atoms with Crippen molar-refractivity contribution in [3.8, 4) is 0 Å². The molecule has 0 radical (unpaired) electrons. The molecule has 4 nitrogen and oxygen atoms in total. The average molecular weight is 231 g/mol. The highest BCUT2D eigenvalue weighted by atomic mass is 16.5. The van der Waals surface area contributed by atoms with Crippen LogP contribution in [0.15, 0.2) is 24.4 Å². The number of ether oxygens (including phenoxy) is 1. The van der Waals surface area contributed by atoms with Crippen molar-refractivity contribution in [2.24, 2.45) is 0 Å². The van der Waals surface area contributed by atoms with Gasteiger partial charge in [0.1, 0.15) is 0 Å². The SMILES string of the molecule is CCOC(=O)Cc1ccc2[nH]cc(C=O)c2c1. The molecule has 0 atom stereocenters.